The van der Waals surface area contributed by atoms with E-state index >= 15 is 0 Å². The second kappa shape index (κ2) is 8.42. The second-order valence-electron chi connectivity index (χ2n) is 5.30. The summed E-state index contributed by atoms with van der Waals surface area (Å²) < 4.78 is 11.3. The number of nitrogens with two attached hydrogens (primary N) is 1. The number of halogens is 1. The van der Waals surface area contributed by atoms with Crippen LogP contribution in [-0.4, -0.2) is 13.2 Å². The number of thiophene rings is 1. The zero-order valence-corrected chi connectivity index (χ0v) is 14.8. The lowest BCUT2D eigenvalue weighted by Gasteiger charge is -2.14. The molecule has 120 valence electrons. The van der Waals surface area contributed by atoms with Crippen molar-refractivity contribution in [2.75, 3.05) is 7.11 Å². The second-order valence-corrected chi connectivity index (χ2v) is 6.74. The van der Waals surface area contributed by atoms with Crippen LogP contribution in [0.15, 0.2) is 29.6 Å². The minimum absolute atomic E-state index is 0.506. The summed E-state index contributed by atoms with van der Waals surface area (Å²) in [4.78, 5) is 1.16. The molecule has 1 aromatic heterocycles. The fraction of sp³-hybridized carbons (Fsp3) is 0.412. The lowest BCUT2D eigenvalue weighted by molar-refractivity contribution is -0.701. The summed E-state index contributed by atoms with van der Waals surface area (Å²) in [5, 5.41) is 4.94. The quantitative estimate of drug-likeness (QED) is 0.792. The van der Waals surface area contributed by atoms with E-state index in [1.165, 1.54) is 0 Å². The third-order valence-corrected chi connectivity index (χ3v) is 4.76. The molecule has 0 aliphatic rings. The van der Waals surface area contributed by atoms with Crippen molar-refractivity contribution in [3.63, 3.8) is 0 Å². The van der Waals surface area contributed by atoms with Gasteiger partial charge in [-0.15, -0.1) is 11.3 Å². The maximum Gasteiger partial charge on any atom is 0.180 e. The maximum atomic E-state index is 6.39. The van der Waals surface area contributed by atoms with Crippen LogP contribution in [0.5, 0.6) is 11.5 Å². The van der Waals surface area contributed by atoms with Crippen LogP contribution in [0, 0.1) is 0 Å². The van der Waals surface area contributed by atoms with E-state index in [9.17, 15) is 0 Å². The van der Waals surface area contributed by atoms with Crippen molar-refractivity contribution < 1.29 is 14.8 Å². The Morgan fingerprint density at radius 2 is 2.18 bits per heavy atom. The molecule has 2 aromatic rings. The number of hydrogen-bond donors (Lipinski definition) is 1. The van der Waals surface area contributed by atoms with Crippen molar-refractivity contribution in [3.8, 4) is 11.5 Å². The van der Waals surface area contributed by atoms with Gasteiger partial charge in [-0.2, -0.15) is 0 Å². The van der Waals surface area contributed by atoms with E-state index < -0.39 is 0 Å². The van der Waals surface area contributed by atoms with E-state index in [1.807, 2.05) is 29.6 Å². The largest absolute Gasteiger partial charge is 0.493 e. The number of rotatable bonds is 8. The molecule has 1 aromatic carbocycles. The van der Waals surface area contributed by atoms with Gasteiger partial charge in [0.25, 0.3) is 0 Å². The van der Waals surface area contributed by atoms with Crippen LogP contribution in [-0.2, 0) is 13.2 Å². The SMILES string of the molecule is CC[C@H](C)[NH2+]Cc1cc(Cl)c(OCc2cccs2)c(OC)c1. The predicted molar refractivity (Wildman–Crippen MR) is 92.0 cm³/mol. The monoisotopic (exact) mass is 340 g/mol. The van der Waals surface area contributed by atoms with Gasteiger partial charge in [0.1, 0.15) is 13.2 Å². The smallest absolute Gasteiger partial charge is 0.180 e. The molecule has 0 saturated heterocycles. The normalized spacial score (nSPS) is 12.2. The Morgan fingerprint density at radius 3 is 2.82 bits per heavy atom. The Kier molecular flexibility index (Phi) is 6.55. The minimum Gasteiger partial charge on any atom is -0.493 e. The Balaban J connectivity index is 2.09. The van der Waals surface area contributed by atoms with Gasteiger partial charge in [-0.25, -0.2) is 0 Å². The molecule has 22 heavy (non-hydrogen) atoms. The van der Waals surface area contributed by atoms with Crippen LogP contribution in [0.3, 0.4) is 0 Å². The molecular weight excluding hydrogens is 318 g/mol. The van der Waals surface area contributed by atoms with E-state index in [0.717, 1.165) is 23.4 Å². The molecule has 1 atom stereocenters. The van der Waals surface area contributed by atoms with E-state index in [-0.39, 0.29) is 0 Å². The first-order chi connectivity index (χ1) is 10.6. The van der Waals surface area contributed by atoms with Crippen LogP contribution in [0.2, 0.25) is 5.02 Å². The summed E-state index contributed by atoms with van der Waals surface area (Å²) in [6.07, 6.45) is 1.15. The van der Waals surface area contributed by atoms with Gasteiger partial charge in [-0.05, 0) is 36.9 Å². The lowest BCUT2D eigenvalue weighted by atomic mass is 10.1. The van der Waals surface area contributed by atoms with Crippen LogP contribution < -0.4 is 14.8 Å². The standard InChI is InChI=1S/C17H22ClNO2S/c1-4-12(2)19-10-13-8-15(18)17(16(9-13)20-3)21-11-14-6-5-7-22-14/h5-9,12,19H,4,10-11H2,1-3H3/p+1/t12-/m0/s1. The van der Waals surface area contributed by atoms with Gasteiger partial charge < -0.3 is 14.8 Å². The van der Waals surface area contributed by atoms with Gasteiger partial charge in [0.05, 0.1) is 18.2 Å². The zero-order valence-electron chi connectivity index (χ0n) is 13.3. The van der Waals surface area contributed by atoms with Crippen LogP contribution >= 0.6 is 22.9 Å². The highest BCUT2D eigenvalue weighted by Gasteiger charge is 2.14. The van der Waals surface area contributed by atoms with Crippen LogP contribution in [0.4, 0.5) is 0 Å². The molecule has 3 nitrogen and oxygen atoms in total. The first-order valence-corrected chi connectivity index (χ1v) is 8.74. The number of methoxy groups -OCH3 is 1. The van der Waals surface area contributed by atoms with Gasteiger partial charge in [-0.3, -0.25) is 0 Å². The molecule has 0 aliphatic heterocycles. The number of hydrogen-bond acceptors (Lipinski definition) is 3. The van der Waals surface area contributed by atoms with Gasteiger partial charge in [0, 0.05) is 10.4 Å². The van der Waals surface area contributed by atoms with E-state index in [0.29, 0.717) is 29.2 Å². The fourth-order valence-electron chi connectivity index (χ4n) is 2.07. The molecule has 5 heteroatoms. The van der Waals surface area contributed by atoms with Crippen LogP contribution in [0.1, 0.15) is 30.7 Å². The van der Waals surface area contributed by atoms with Gasteiger partial charge in [-0.1, -0.05) is 24.6 Å². The number of benzene rings is 1. The average molecular weight is 341 g/mol. The molecule has 1 heterocycles. The third kappa shape index (κ3) is 4.63. The van der Waals surface area contributed by atoms with Gasteiger partial charge in [0.2, 0.25) is 0 Å². The predicted octanol–water partition coefficient (Wildman–Crippen LogP) is 3.85. The molecule has 0 bridgehead atoms. The third-order valence-electron chi connectivity index (χ3n) is 3.63. The van der Waals surface area contributed by atoms with Gasteiger partial charge in [0.15, 0.2) is 11.5 Å². The highest BCUT2D eigenvalue weighted by molar-refractivity contribution is 7.09. The summed E-state index contributed by atoms with van der Waals surface area (Å²) in [5.74, 6) is 1.31. The molecule has 0 spiro atoms. The summed E-state index contributed by atoms with van der Waals surface area (Å²) in [6, 6.07) is 8.62. The molecular formula is C17H23ClNO2S+. The van der Waals surface area contributed by atoms with E-state index in [4.69, 9.17) is 21.1 Å². The highest BCUT2D eigenvalue weighted by Crippen LogP contribution is 2.37. The maximum absolute atomic E-state index is 6.39. The molecule has 0 saturated carbocycles. The molecule has 2 N–H and O–H groups in total. The molecule has 0 fully saturated rings. The topological polar surface area (TPSA) is 35.1 Å². The van der Waals surface area contributed by atoms with Crippen molar-refractivity contribution in [2.24, 2.45) is 0 Å². The first-order valence-electron chi connectivity index (χ1n) is 7.49. The Hall–Kier alpha value is -1.23. The molecule has 2 rings (SSSR count). The van der Waals surface area contributed by atoms with Crippen molar-refractivity contribution in [1.82, 2.24) is 0 Å². The minimum atomic E-state index is 0.506. The van der Waals surface area contributed by atoms with Crippen molar-refractivity contribution in [1.29, 1.82) is 0 Å². The summed E-state index contributed by atoms with van der Waals surface area (Å²) in [6.45, 7) is 5.80. The molecule has 0 unspecified atom stereocenters. The van der Waals surface area contributed by atoms with Crippen molar-refractivity contribution in [3.05, 3.63) is 45.1 Å². The molecule has 0 aliphatic carbocycles. The molecule has 0 amide bonds. The van der Waals surface area contributed by atoms with Crippen molar-refractivity contribution >= 4 is 22.9 Å². The summed E-state index contributed by atoms with van der Waals surface area (Å²) in [5.41, 5.74) is 1.14. The van der Waals surface area contributed by atoms with Gasteiger partial charge >= 0.3 is 0 Å². The zero-order chi connectivity index (χ0) is 15.9. The van der Waals surface area contributed by atoms with Crippen molar-refractivity contribution in [2.45, 2.75) is 39.5 Å². The highest BCUT2D eigenvalue weighted by atomic mass is 35.5. The Morgan fingerprint density at radius 1 is 1.36 bits per heavy atom. The van der Waals surface area contributed by atoms with E-state index in [1.54, 1.807) is 18.4 Å². The first kappa shape index (κ1) is 17.1. The summed E-state index contributed by atoms with van der Waals surface area (Å²) >= 11 is 8.05. The van der Waals surface area contributed by atoms with E-state index in [2.05, 4.69) is 19.2 Å². The summed E-state index contributed by atoms with van der Waals surface area (Å²) in [7, 11) is 1.64. The number of ether oxygens (including phenoxy) is 2. The fourth-order valence-corrected chi connectivity index (χ4v) is 2.98. The average Bonchev–Trinajstić information content (AvgIpc) is 3.04. The molecule has 0 radical (unpaired) electrons. The Labute approximate surface area is 141 Å². The lowest BCUT2D eigenvalue weighted by Crippen LogP contribution is -2.87. The Bertz CT molecular complexity index is 587. The number of quaternary nitrogens is 1. The van der Waals surface area contributed by atoms with Crippen LogP contribution in [0.25, 0.3) is 0 Å².